The second kappa shape index (κ2) is 3.87. The van der Waals surface area contributed by atoms with Gasteiger partial charge in [-0.1, -0.05) is 12.1 Å². The van der Waals surface area contributed by atoms with Gasteiger partial charge in [0.1, 0.15) is 11.9 Å². The highest BCUT2D eigenvalue weighted by Crippen LogP contribution is 2.19. The monoisotopic (exact) mass is 222 g/mol. The second-order valence-corrected chi connectivity index (χ2v) is 4.74. The van der Waals surface area contributed by atoms with Crippen molar-refractivity contribution in [1.82, 2.24) is 10.6 Å². The maximum Gasteiger partial charge on any atom is 0.242 e. The number of hydrogen-bond donors (Lipinski definition) is 2. The van der Waals surface area contributed by atoms with Gasteiger partial charge < -0.3 is 5.32 Å². The smallest absolute Gasteiger partial charge is 0.242 e. The van der Waals surface area contributed by atoms with Crippen molar-refractivity contribution in [3.8, 4) is 0 Å². The van der Waals surface area contributed by atoms with E-state index in [1.165, 1.54) is 12.1 Å². The summed E-state index contributed by atoms with van der Waals surface area (Å²) in [6.07, 6.45) is 0. The average molecular weight is 222 g/mol. The van der Waals surface area contributed by atoms with Crippen LogP contribution in [0.15, 0.2) is 24.3 Å². The summed E-state index contributed by atoms with van der Waals surface area (Å²) in [4.78, 5) is 11.8. The Morgan fingerprint density at radius 3 is 2.50 bits per heavy atom. The summed E-state index contributed by atoms with van der Waals surface area (Å²) in [7, 11) is 0. The van der Waals surface area contributed by atoms with Gasteiger partial charge in [-0.25, -0.2) is 4.39 Å². The molecule has 1 heterocycles. The highest BCUT2D eigenvalue weighted by atomic mass is 19.1. The lowest BCUT2D eigenvalue weighted by atomic mass is 9.97. The van der Waals surface area contributed by atoms with E-state index in [1.54, 1.807) is 12.1 Å². The predicted molar refractivity (Wildman–Crippen MR) is 59.4 cm³/mol. The molecule has 0 saturated carbocycles. The summed E-state index contributed by atoms with van der Waals surface area (Å²) in [5.74, 6) is -0.358. The minimum atomic E-state index is -0.381. The van der Waals surface area contributed by atoms with E-state index in [2.05, 4.69) is 10.6 Å². The lowest BCUT2D eigenvalue weighted by Crippen LogP contribution is -2.59. The van der Waals surface area contributed by atoms with Crippen LogP contribution in [-0.4, -0.2) is 18.0 Å². The molecular formula is C12H15FN2O. The van der Waals surface area contributed by atoms with Crippen molar-refractivity contribution in [1.29, 1.82) is 0 Å². The molecule has 0 spiro atoms. The molecule has 1 fully saturated rings. The highest BCUT2D eigenvalue weighted by molar-refractivity contribution is 5.84. The van der Waals surface area contributed by atoms with Gasteiger partial charge in [0.15, 0.2) is 0 Å². The summed E-state index contributed by atoms with van der Waals surface area (Å²) in [6, 6.07) is 5.61. The highest BCUT2D eigenvalue weighted by Gasteiger charge is 2.32. The van der Waals surface area contributed by atoms with Gasteiger partial charge in [0.2, 0.25) is 5.91 Å². The molecule has 1 aliphatic heterocycles. The first-order valence-corrected chi connectivity index (χ1v) is 5.29. The van der Waals surface area contributed by atoms with Crippen LogP contribution in [0.3, 0.4) is 0 Å². The van der Waals surface area contributed by atoms with E-state index in [9.17, 15) is 9.18 Å². The standard InChI is InChI=1S/C12H15FN2O/c1-12(2)7-14-10(11(16)15-12)8-3-5-9(13)6-4-8/h3-6,10,14H,7H2,1-2H3,(H,15,16). The van der Waals surface area contributed by atoms with E-state index < -0.39 is 0 Å². The van der Waals surface area contributed by atoms with E-state index in [1.807, 2.05) is 13.8 Å². The Labute approximate surface area is 94.0 Å². The van der Waals surface area contributed by atoms with Crippen LogP contribution in [0.2, 0.25) is 0 Å². The number of nitrogens with one attached hydrogen (secondary N) is 2. The number of halogens is 1. The Kier molecular flexibility index (Phi) is 2.68. The molecule has 1 unspecified atom stereocenters. The Morgan fingerprint density at radius 2 is 1.94 bits per heavy atom. The molecule has 1 amide bonds. The van der Waals surface area contributed by atoms with Gasteiger partial charge in [0.05, 0.1) is 0 Å². The van der Waals surface area contributed by atoms with Gasteiger partial charge in [0.25, 0.3) is 0 Å². The summed E-state index contributed by atoms with van der Waals surface area (Å²) >= 11 is 0. The van der Waals surface area contributed by atoms with Crippen LogP contribution in [0.25, 0.3) is 0 Å². The fourth-order valence-corrected chi connectivity index (χ4v) is 1.82. The molecule has 2 rings (SSSR count). The topological polar surface area (TPSA) is 41.1 Å². The first-order chi connectivity index (χ1) is 7.48. The molecule has 86 valence electrons. The van der Waals surface area contributed by atoms with Gasteiger partial charge in [-0.3, -0.25) is 10.1 Å². The average Bonchev–Trinajstić information content (AvgIpc) is 2.19. The third kappa shape index (κ3) is 2.22. The zero-order valence-corrected chi connectivity index (χ0v) is 9.38. The van der Waals surface area contributed by atoms with E-state index in [-0.39, 0.29) is 23.3 Å². The summed E-state index contributed by atoms with van der Waals surface area (Å²) in [5, 5.41) is 6.08. The van der Waals surface area contributed by atoms with Crippen molar-refractivity contribution < 1.29 is 9.18 Å². The van der Waals surface area contributed by atoms with E-state index >= 15 is 0 Å². The van der Waals surface area contributed by atoms with Gasteiger partial charge in [-0.15, -0.1) is 0 Å². The third-order valence-electron chi connectivity index (χ3n) is 2.68. The van der Waals surface area contributed by atoms with Crippen molar-refractivity contribution in [3.05, 3.63) is 35.6 Å². The normalized spacial score (nSPS) is 23.9. The molecule has 0 aromatic heterocycles. The predicted octanol–water partition coefficient (Wildman–Crippen LogP) is 1.36. The van der Waals surface area contributed by atoms with Crippen molar-refractivity contribution in [2.24, 2.45) is 0 Å². The van der Waals surface area contributed by atoms with Crippen molar-refractivity contribution in [2.75, 3.05) is 6.54 Å². The van der Waals surface area contributed by atoms with Gasteiger partial charge in [0, 0.05) is 12.1 Å². The summed E-state index contributed by atoms with van der Waals surface area (Å²) in [6.45, 7) is 4.61. The molecular weight excluding hydrogens is 207 g/mol. The van der Waals surface area contributed by atoms with Crippen LogP contribution in [0.1, 0.15) is 25.5 Å². The van der Waals surface area contributed by atoms with Gasteiger partial charge in [-0.2, -0.15) is 0 Å². The molecule has 0 aliphatic carbocycles. The minimum Gasteiger partial charge on any atom is -0.348 e. The Morgan fingerprint density at radius 1 is 1.31 bits per heavy atom. The van der Waals surface area contributed by atoms with Crippen LogP contribution < -0.4 is 10.6 Å². The molecule has 16 heavy (non-hydrogen) atoms. The molecule has 1 atom stereocenters. The molecule has 1 saturated heterocycles. The molecule has 4 heteroatoms. The molecule has 3 nitrogen and oxygen atoms in total. The Balaban J connectivity index is 2.17. The third-order valence-corrected chi connectivity index (χ3v) is 2.68. The maximum atomic E-state index is 12.8. The molecule has 1 aliphatic rings. The fraction of sp³-hybridized carbons (Fsp3) is 0.417. The largest absolute Gasteiger partial charge is 0.348 e. The Bertz CT molecular complexity index is 400. The zero-order chi connectivity index (χ0) is 11.8. The molecule has 1 aromatic carbocycles. The second-order valence-electron chi connectivity index (χ2n) is 4.74. The minimum absolute atomic E-state index is 0.0668. The first-order valence-electron chi connectivity index (χ1n) is 5.29. The fourth-order valence-electron chi connectivity index (χ4n) is 1.82. The van der Waals surface area contributed by atoms with Crippen LogP contribution >= 0.6 is 0 Å². The van der Waals surface area contributed by atoms with Crippen molar-refractivity contribution in [2.45, 2.75) is 25.4 Å². The molecule has 1 aromatic rings. The summed E-state index contributed by atoms with van der Waals surface area (Å²) < 4.78 is 12.8. The number of amides is 1. The number of hydrogen-bond acceptors (Lipinski definition) is 2. The van der Waals surface area contributed by atoms with Crippen LogP contribution in [0.5, 0.6) is 0 Å². The molecule has 0 bridgehead atoms. The SMILES string of the molecule is CC1(C)CNC(c2ccc(F)cc2)C(=O)N1. The van der Waals surface area contributed by atoms with Crippen LogP contribution in [0, 0.1) is 5.82 Å². The zero-order valence-electron chi connectivity index (χ0n) is 9.38. The number of piperazine rings is 1. The maximum absolute atomic E-state index is 12.8. The van der Waals surface area contributed by atoms with E-state index in [0.29, 0.717) is 6.54 Å². The van der Waals surface area contributed by atoms with Gasteiger partial charge in [-0.05, 0) is 31.5 Å². The van der Waals surface area contributed by atoms with Crippen molar-refractivity contribution >= 4 is 5.91 Å². The van der Waals surface area contributed by atoms with Gasteiger partial charge >= 0.3 is 0 Å². The number of carbonyl (C=O) groups excluding carboxylic acids is 1. The molecule has 0 radical (unpaired) electrons. The lowest BCUT2D eigenvalue weighted by Gasteiger charge is -2.36. The van der Waals surface area contributed by atoms with Crippen LogP contribution in [0.4, 0.5) is 4.39 Å². The van der Waals surface area contributed by atoms with E-state index in [0.717, 1.165) is 5.56 Å². The first kappa shape index (κ1) is 11.1. The van der Waals surface area contributed by atoms with E-state index in [4.69, 9.17) is 0 Å². The Hall–Kier alpha value is -1.42. The number of rotatable bonds is 1. The number of benzene rings is 1. The molecule has 2 N–H and O–H groups in total. The summed E-state index contributed by atoms with van der Waals surface area (Å²) in [5.41, 5.74) is 0.558. The van der Waals surface area contributed by atoms with Crippen molar-refractivity contribution in [3.63, 3.8) is 0 Å². The quantitative estimate of drug-likeness (QED) is 0.753. The number of carbonyl (C=O) groups is 1. The lowest BCUT2D eigenvalue weighted by molar-refractivity contribution is -0.126. The van der Waals surface area contributed by atoms with Crippen LogP contribution in [-0.2, 0) is 4.79 Å².